The summed E-state index contributed by atoms with van der Waals surface area (Å²) in [5, 5.41) is 0. The van der Waals surface area contributed by atoms with Crippen molar-refractivity contribution in [2.24, 2.45) is 0 Å². The average Bonchev–Trinajstić information content (AvgIpc) is 2.93. The lowest BCUT2D eigenvalue weighted by Gasteiger charge is -2.22. The second kappa shape index (κ2) is 8.71. The van der Waals surface area contributed by atoms with E-state index in [1.54, 1.807) is 6.07 Å². The summed E-state index contributed by atoms with van der Waals surface area (Å²) in [6.07, 6.45) is 0.772. The van der Waals surface area contributed by atoms with Crippen molar-refractivity contribution in [3.8, 4) is 5.75 Å². The number of amides is 2. The van der Waals surface area contributed by atoms with Gasteiger partial charge in [-0.3, -0.25) is 9.59 Å². The van der Waals surface area contributed by atoms with Crippen LogP contribution in [0.1, 0.15) is 39.6 Å². The molecular formula is C22H26N2O3. The summed E-state index contributed by atoms with van der Waals surface area (Å²) in [6.45, 7) is 6.86. The Balaban J connectivity index is 1.66. The predicted molar refractivity (Wildman–Crippen MR) is 105 cm³/mol. The number of ether oxygens (including phenoxy) is 1. The van der Waals surface area contributed by atoms with E-state index in [4.69, 9.17) is 4.74 Å². The SMILES string of the molecule is CCOc1cccc(C(=O)N2CCCN(C(=O)c3cccc(C)c3)CC2)c1. The fourth-order valence-corrected chi connectivity index (χ4v) is 3.35. The van der Waals surface area contributed by atoms with Gasteiger partial charge in [-0.1, -0.05) is 23.8 Å². The van der Waals surface area contributed by atoms with Gasteiger partial charge in [-0.2, -0.15) is 0 Å². The largest absolute Gasteiger partial charge is 0.494 e. The highest BCUT2D eigenvalue weighted by Crippen LogP contribution is 2.17. The van der Waals surface area contributed by atoms with Crippen molar-refractivity contribution in [2.75, 3.05) is 32.8 Å². The number of carbonyl (C=O) groups excluding carboxylic acids is 2. The Morgan fingerprint density at radius 1 is 0.889 bits per heavy atom. The lowest BCUT2D eigenvalue weighted by atomic mass is 10.1. The molecule has 2 aromatic carbocycles. The highest BCUT2D eigenvalue weighted by atomic mass is 16.5. The third-order valence-electron chi connectivity index (χ3n) is 4.73. The van der Waals surface area contributed by atoms with Gasteiger partial charge in [-0.05, 0) is 50.6 Å². The summed E-state index contributed by atoms with van der Waals surface area (Å²) in [5.41, 5.74) is 2.40. The fourth-order valence-electron chi connectivity index (χ4n) is 3.35. The zero-order chi connectivity index (χ0) is 19.2. The third kappa shape index (κ3) is 4.67. The highest BCUT2D eigenvalue weighted by molar-refractivity contribution is 5.95. The van der Waals surface area contributed by atoms with Gasteiger partial charge in [0.1, 0.15) is 5.75 Å². The molecule has 142 valence electrons. The summed E-state index contributed by atoms with van der Waals surface area (Å²) in [5.74, 6) is 0.724. The molecular weight excluding hydrogens is 340 g/mol. The highest BCUT2D eigenvalue weighted by Gasteiger charge is 2.23. The van der Waals surface area contributed by atoms with E-state index in [-0.39, 0.29) is 11.8 Å². The van der Waals surface area contributed by atoms with Crippen molar-refractivity contribution in [1.82, 2.24) is 9.80 Å². The van der Waals surface area contributed by atoms with Crippen molar-refractivity contribution < 1.29 is 14.3 Å². The molecule has 1 saturated heterocycles. The van der Waals surface area contributed by atoms with Crippen LogP contribution in [-0.4, -0.2) is 54.4 Å². The van der Waals surface area contributed by atoms with E-state index in [0.717, 1.165) is 12.0 Å². The Kier molecular flexibility index (Phi) is 6.12. The van der Waals surface area contributed by atoms with Crippen LogP contribution in [0, 0.1) is 6.92 Å². The van der Waals surface area contributed by atoms with Crippen molar-refractivity contribution in [2.45, 2.75) is 20.3 Å². The van der Waals surface area contributed by atoms with Gasteiger partial charge in [-0.25, -0.2) is 0 Å². The van der Waals surface area contributed by atoms with Gasteiger partial charge in [0.15, 0.2) is 0 Å². The number of benzene rings is 2. The summed E-state index contributed by atoms with van der Waals surface area (Å²) < 4.78 is 5.49. The Morgan fingerprint density at radius 2 is 1.48 bits per heavy atom. The van der Waals surface area contributed by atoms with Gasteiger partial charge >= 0.3 is 0 Å². The van der Waals surface area contributed by atoms with Gasteiger partial charge in [-0.15, -0.1) is 0 Å². The first kappa shape index (κ1) is 19.0. The molecule has 1 aliphatic rings. The van der Waals surface area contributed by atoms with Crippen LogP contribution in [0.25, 0.3) is 0 Å². The Labute approximate surface area is 160 Å². The monoisotopic (exact) mass is 366 g/mol. The molecule has 0 aromatic heterocycles. The van der Waals surface area contributed by atoms with Crippen LogP contribution in [0.3, 0.4) is 0 Å². The zero-order valence-electron chi connectivity index (χ0n) is 16.0. The molecule has 5 heteroatoms. The van der Waals surface area contributed by atoms with Crippen LogP contribution in [-0.2, 0) is 0 Å². The van der Waals surface area contributed by atoms with E-state index in [9.17, 15) is 9.59 Å². The number of aryl methyl sites for hydroxylation is 1. The smallest absolute Gasteiger partial charge is 0.254 e. The van der Waals surface area contributed by atoms with Crippen LogP contribution < -0.4 is 4.74 Å². The normalized spacial score (nSPS) is 14.6. The maximum Gasteiger partial charge on any atom is 0.254 e. The van der Waals surface area contributed by atoms with Crippen LogP contribution >= 0.6 is 0 Å². The molecule has 1 fully saturated rings. The molecule has 0 atom stereocenters. The van der Waals surface area contributed by atoms with Gasteiger partial charge in [0, 0.05) is 37.3 Å². The molecule has 3 rings (SSSR count). The molecule has 1 aliphatic heterocycles. The lowest BCUT2D eigenvalue weighted by Crippen LogP contribution is -2.37. The maximum atomic E-state index is 12.9. The molecule has 2 amide bonds. The first-order chi connectivity index (χ1) is 13.1. The maximum absolute atomic E-state index is 12.9. The second-order valence-electron chi connectivity index (χ2n) is 6.77. The Hall–Kier alpha value is -2.82. The van der Waals surface area contributed by atoms with E-state index in [2.05, 4.69) is 0 Å². The molecule has 0 radical (unpaired) electrons. The van der Waals surface area contributed by atoms with E-state index in [1.807, 2.05) is 66.1 Å². The molecule has 0 aliphatic carbocycles. The molecule has 1 heterocycles. The molecule has 0 bridgehead atoms. The van der Waals surface area contributed by atoms with E-state index in [0.29, 0.717) is 49.7 Å². The van der Waals surface area contributed by atoms with Crippen LogP contribution in [0.2, 0.25) is 0 Å². The number of hydrogen-bond acceptors (Lipinski definition) is 3. The molecule has 27 heavy (non-hydrogen) atoms. The summed E-state index contributed by atoms with van der Waals surface area (Å²) in [6, 6.07) is 14.9. The minimum Gasteiger partial charge on any atom is -0.494 e. The molecule has 0 saturated carbocycles. The quantitative estimate of drug-likeness (QED) is 0.833. The van der Waals surface area contributed by atoms with E-state index in [1.165, 1.54) is 0 Å². The zero-order valence-corrected chi connectivity index (χ0v) is 16.0. The van der Waals surface area contributed by atoms with Crippen LogP contribution in [0.5, 0.6) is 5.75 Å². The van der Waals surface area contributed by atoms with Crippen LogP contribution in [0.15, 0.2) is 48.5 Å². The van der Waals surface area contributed by atoms with Crippen molar-refractivity contribution in [3.63, 3.8) is 0 Å². The van der Waals surface area contributed by atoms with Gasteiger partial charge in [0.2, 0.25) is 0 Å². The van der Waals surface area contributed by atoms with E-state index >= 15 is 0 Å². The molecule has 0 unspecified atom stereocenters. The predicted octanol–water partition coefficient (Wildman–Crippen LogP) is 3.38. The standard InChI is InChI=1S/C22H26N2O3/c1-3-27-20-10-5-9-19(16-20)22(26)24-12-6-11-23(13-14-24)21(25)18-8-4-7-17(2)15-18/h4-5,7-10,15-16H,3,6,11-14H2,1-2H3. The third-order valence-corrected chi connectivity index (χ3v) is 4.73. The topological polar surface area (TPSA) is 49.9 Å². The lowest BCUT2D eigenvalue weighted by molar-refractivity contribution is 0.0718. The summed E-state index contributed by atoms with van der Waals surface area (Å²) >= 11 is 0. The molecule has 0 N–H and O–H groups in total. The van der Waals surface area contributed by atoms with Crippen LogP contribution in [0.4, 0.5) is 0 Å². The van der Waals surface area contributed by atoms with Gasteiger partial charge < -0.3 is 14.5 Å². The summed E-state index contributed by atoms with van der Waals surface area (Å²) in [7, 11) is 0. The first-order valence-corrected chi connectivity index (χ1v) is 9.46. The number of carbonyl (C=O) groups is 2. The molecule has 2 aromatic rings. The van der Waals surface area contributed by atoms with Crippen molar-refractivity contribution >= 4 is 11.8 Å². The fraction of sp³-hybridized carbons (Fsp3) is 0.364. The Bertz CT molecular complexity index is 819. The Morgan fingerprint density at radius 3 is 2.07 bits per heavy atom. The molecule has 5 nitrogen and oxygen atoms in total. The second-order valence-corrected chi connectivity index (χ2v) is 6.77. The first-order valence-electron chi connectivity index (χ1n) is 9.46. The van der Waals surface area contributed by atoms with E-state index < -0.39 is 0 Å². The minimum absolute atomic E-state index is 0.0126. The molecule has 0 spiro atoms. The summed E-state index contributed by atoms with van der Waals surface area (Å²) in [4.78, 5) is 29.3. The van der Waals surface area contributed by atoms with Crippen molar-refractivity contribution in [3.05, 3.63) is 65.2 Å². The van der Waals surface area contributed by atoms with Gasteiger partial charge in [0.05, 0.1) is 6.61 Å². The number of hydrogen-bond donors (Lipinski definition) is 0. The number of rotatable bonds is 4. The van der Waals surface area contributed by atoms with Crippen molar-refractivity contribution in [1.29, 1.82) is 0 Å². The average molecular weight is 366 g/mol. The minimum atomic E-state index is -0.0126. The van der Waals surface area contributed by atoms with Gasteiger partial charge in [0.25, 0.3) is 11.8 Å². The number of nitrogens with zero attached hydrogens (tertiary/aromatic N) is 2.